The number of anilines is 1. The van der Waals surface area contributed by atoms with Crippen molar-refractivity contribution in [1.29, 1.82) is 0 Å². The second kappa shape index (κ2) is 11.4. The third kappa shape index (κ3) is 5.95. The number of methoxy groups -OCH3 is 1. The van der Waals surface area contributed by atoms with E-state index in [4.69, 9.17) is 32.4 Å². The molecule has 198 valence electrons. The Hall–Kier alpha value is -2.60. The number of sulfonamides is 1. The van der Waals surface area contributed by atoms with Gasteiger partial charge < -0.3 is 14.1 Å². The predicted molar refractivity (Wildman–Crippen MR) is 145 cm³/mol. The van der Waals surface area contributed by atoms with E-state index in [1.54, 1.807) is 24.4 Å². The van der Waals surface area contributed by atoms with Gasteiger partial charge >= 0.3 is 0 Å². The number of nitrogens with zero attached hydrogens (tertiary/aromatic N) is 3. The summed E-state index contributed by atoms with van der Waals surface area (Å²) in [5, 5.41) is -0.680. The maximum absolute atomic E-state index is 12.9. The molecule has 0 aliphatic carbocycles. The molecule has 9 nitrogen and oxygen atoms in total. The van der Waals surface area contributed by atoms with E-state index >= 15 is 0 Å². The molecule has 37 heavy (non-hydrogen) atoms. The van der Waals surface area contributed by atoms with Gasteiger partial charge in [0, 0.05) is 30.3 Å². The fraction of sp³-hybridized carbons (Fsp3) is 0.375. The number of thiophene rings is 1. The molecule has 13 heteroatoms. The number of pyridine rings is 1. The lowest BCUT2D eigenvalue weighted by molar-refractivity contribution is -0.123. The van der Waals surface area contributed by atoms with Crippen molar-refractivity contribution in [2.75, 3.05) is 25.1 Å². The van der Waals surface area contributed by atoms with Crippen molar-refractivity contribution < 1.29 is 22.4 Å². The van der Waals surface area contributed by atoms with Gasteiger partial charge in [-0.15, -0.1) is 17.9 Å². The molecule has 0 spiro atoms. The lowest BCUT2D eigenvalue weighted by Gasteiger charge is -2.33. The van der Waals surface area contributed by atoms with E-state index < -0.39 is 27.1 Å². The predicted octanol–water partition coefficient (Wildman–Crippen LogP) is 5.27. The summed E-state index contributed by atoms with van der Waals surface area (Å²) in [4.78, 5) is 24.2. The molecule has 3 aromatic heterocycles. The van der Waals surface area contributed by atoms with Gasteiger partial charge in [-0.2, -0.15) is 4.98 Å². The summed E-state index contributed by atoms with van der Waals surface area (Å²) in [5.41, 5.74) is 0.541. The van der Waals surface area contributed by atoms with E-state index in [1.807, 2.05) is 11.8 Å². The monoisotopic (exact) mass is 584 g/mol. The molecule has 1 saturated heterocycles. The molecule has 1 N–H and O–H groups in total. The highest BCUT2D eigenvalue weighted by atomic mass is 35.5. The zero-order valence-corrected chi connectivity index (χ0v) is 23.4. The highest BCUT2D eigenvalue weighted by Crippen LogP contribution is 2.37. The number of nitrogens with one attached hydrogen (secondary N) is 1. The topological polar surface area (TPSA) is 115 Å². The lowest BCUT2D eigenvalue weighted by Crippen LogP contribution is -2.43. The van der Waals surface area contributed by atoms with Gasteiger partial charge in [-0.1, -0.05) is 36.2 Å². The maximum atomic E-state index is 12.9. The van der Waals surface area contributed by atoms with Crippen LogP contribution >= 0.6 is 34.5 Å². The molecule has 1 aliphatic rings. The summed E-state index contributed by atoms with van der Waals surface area (Å²) in [6, 6.07) is 4.92. The summed E-state index contributed by atoms with van der Waals surface area (Å²) in [6.45, 7) is 6.49. The van der Waals surface area contributed by atoms with Crippen LogP contribution in [0.1, 0.15) is 35.7 Å². The number of hydrogen-bond acceptors (Lipinski definition) is 9. The van der Waals surface area contributed by atoms with E-state index in [-0.39, 0.29) is 0 Å². The molecule has 0 bridgehead atoms. The number of halogens is 2. The van der Waals surface area contributed by atoms with E-state index in [2.05, 4.69) is 21.3 Å². The first-order valence-corrected chi connectivity index (χ1v) is 14.7. The van der Waals surface area contributed by atoms with E-state index in [1.165, 1.54) is 13.2 Å². The zero-order chi connectivity index (χ0) is 26.7. The maximum Gasteiger partial charge on any atom is 0.246 e. The number of carbonyl (C=O) groups is 1. The first kappa shape index (κ1) is 27.4. The molecule has 1 atom stereocenters. The highest BCUT2D eigenvalue weighted by molar-refractivity contribution is 7.90. The van der Waals surface area contributed by atoms with Crippen LogP contribution in [-0.2, 0) is 21.2 Å². The molecule has 0 aromatic carbocycles. The fourth-order valence-electron chi connectivity index (χ4n) is 4.11. The summed E-state index contributed by atoms with van der Waals surface area (Å²) in [6.07, 6.45) is 4.49. The van der Waals surface area contributed by atoms with E-state index in [9.17, 15) is 13.2 Å². The molecule has 0 radical (unpaired) electrons. The number of ether oxygens (including phenoxy) is 1. The minimum Gasteiger partial charge on any atom is -0.480 e. The number of oxazole rings is 1. The van der Waals surface area contributed by atoms with Gasteiger partial charge in [0.15, 0.2) is 5.82 Å². The standard InChI is InChI=1S/C24H26Cl2N4O5S2/c1-4-15-13-27-23(35-15)16-12-17(25)21(28-24(16)34-3)30-10-8-14(9-11-30)22(31)29-37(32,33)19(5-2)18-6-7-20(26)36-18/h5-7,12-14,19H,2,4,8-11H2,1,3H3,(H,29,31). The zero-order valence-electron chi connectivity index (χ0n) is 20.2. The molecule has 4 rings (SSSR count). The van der Waals surface area contributed by atoms with Gasteiger partial charge in [0.05, 0.1) is 22.7 Å². The van der Waals surface area contributed by atoms with E-state index in [0.717, 1.165) is 17.1 Å². The number of hydrogen-bond donors (Lipinski definition) is 1. The molecule has 1 aliphatic heterocycles. The van der Waals surface area contributed by atoms with Crippen LogP contribution in [0.2, 0.25) is 9.36 Å². The van der Waals surface area contributed by atoms with Crippen LogP contribution in [0.4, 0.5) is 5.82 Å². The van der Waals surface area contributed by atoms with Gasteiger partial charge in [0.1, 0.15) is 16.6 Å². The van der Waals surface area contributed by atoms with Crippen molar-refractivity contribution in [2.45, 2.75) is 31.4 Å². The number of carbonyl (C=O) groups excluding carboxylic acids is 1. The molecule has 1 fully saturated rings. The SMILES string of the molecule is C=CC(c1ccc(Cl)s1)S(=O)(=O)NC(=O)C1CCN(c2nc(OC)c(-c3ncc(CC)o3)cc2Cl)CC1. The molecule has 0 saturated carbocycles. The van der Waals surface area contributed by atoms with Gasteiger partial charge in [-0.25, -0.2) is 13.4 Å². The van der Waals surface area contributed by atoms with Crippen molar-refractivity contribution in [1.82, 2.24) is 14.7 Å². The summed E-state index contributed by atoms with van der Waals surface area (Å²) >= 11 is 13.7. The Bertz CT molecular complexity index is 1400. The molecule has 3 aromatic rings. The van der Waals surface area contributed by atoms with Crippen LogP contribution in [0.5, 0.6) is 5.88 Å². The minimum absolute atomic E-state index is 0.319. The van der Waals surface area contributed by atoms with Crippen LogP contribution < -0.4 is 14.4 Å². The summed E-state index contributed by atoms with van der Waals surface area (Å²) in [5.74, 6) is 0.906. The molecular weight excluding hydrogens is 559 g/mol. The Morgan fingerprint density at radius 1 is 1.38 bits per heavy atom. The number of amides is 1. The average Bonchev–Trinajstić information content (AvgIpc) is 3.53. The van der Waals surface area contributed by atoms with Gasteiger partial charge in [-0.05, 0) is 31.0 Å². The van der Waals surface area contributed by atoms with Gasteiger partial charge in [0.25, 0.3) is 0 Å². The first-order chi connectivity index (χ1) is 17.7. The van der Waals surface area contributed by atoms with Crippen molar-refractivity contribution in [2.24, 2.45) is 5.92 Å². The van der Waals surface area contributed by atoms with Crippen molar-refractivity contribution in [3.8, 4) is 17.3 Å². The van der Waals surface area contributed by atoms with Crippen LogP contribution in [0, 0.1) is 5.92 Å². The summed E-state index contributed by atoms with van der Waals surface area (Å²) in [7, 11) is -2.51. The second-order valence-electron chi connectivity index (χ2n) is 8.41. The van der Waals surface area contributed by atoms with Crippen molar-refractivity contribution in [3.05, 3.63) is 57.0 Å². The number of aryl methyl sites for hydroxylation is 1. The average molecular weight is 586 g/mol. The largest absolute Gasteiger partial charge is 0.480 e. The van der Waals surface area contributed by atoms with Crippen LogP contribution in [0.15, 0.2) is 41.5 Å². The Balaban J connectivity index is 1.44. The number of rotatable bonds is 9. The number of aromatic nitrogens is 2. The van der Waals surface area contributed by atoms with Crippen molar-refractivity contribution in [3.63, 3.8) is 0 Å². The normalized spacial score (nSPS) is 15.4. The highest BCUT2D eigenvalue weighted by Gasteiger charge is 2.33. The third-order valence-corrected chi connectivity index (χ3v) is 9.42. The molecule has 4 heterocycles. The van der Waals surface area contributed by atoms with Crippen molar-refractivity contribution >= 4 is 56.3 Å². The van der Waals surface area contributed by atoms with Gasteiger partial charge in [0.2, 0.25) is 27.7 Å². The first-order valence-electron chi connectivity index (χ1n) is 11.5. The molecule has 1 unspecified atom stereocenters. The third-order valence-electron chi connectivity index (χ3n) is 6.08. The quantitative estimate of drug-likeness (QED) is 0.338. The number of piperidine rings is 1. The fourth-order valence-corrected chi connectivity index (χ4v) is 7.15. The molecular formula is C24H26Cl2N4O5S2. The van der Waals surface area contributed by atoms with Crippen LogP contribution in [0.25, 0.3) is 11.5 Å². The van der Waals surface area contributed by atoms with E-state index in [0.29, 0.717) is 69.7 Å². The second-order valence-corrected chi connectivity index (χ2v) is 12.4. The Kier molecular flexibility index (Phi) is 8.47. The van der Waals surface area contributed by atoms with Crippen LogP contribution in [-0.4, -0.2) is 44.5 Å². The Labute approximate surface area is 229 Å². The minimum atomic E-state index is -4.02. The lowest BCUT2D eigenvalue weighted by atomic mass is 9.96. The summed E-state index contributed by atoms with van der Waals surface area (Å²) < 4.78 is 39.7. The molecule has 1 amide bonds. The van der Waals surface area contributed by atoms with Gasteiger partial charge in [-0.3, -0.25) is 9.52 Å². The Morgan fingerprint density at radius 3 is 2.68 bits per heavy atom. The van der Waals surface area contributed by atoms with Crippen LogP contribution in [0.3, 0.4) is 0 Å². The smallest absolute Gasteiger partial charge is 0.246 e. The Morgan fingerprint density at radius 2 is 2.11 bits per heavy atom.